The molecule has 3 nitrogen and oxygen atoms in total. The molecular weight excluding hydrogens is 210 g/mol. The van der Waals surface area contributed by atoms with Gasteiger partial charge >= 0.3 is 0 Å². The molecule has 0 saturated heterocycles. The van der Waals surface area contributed by atoms with E-state index in [-0.39, 0.29) is 5.25 Å². The highest BCUT2D eigenvalue weighted by Crippen LogP contribution is 2.08. The van der Waals surface area contributed by atoms with E-state index in [1.54, 1.807) is 6.92 Å². The largest absolute Gasteiger partial charge is 0.315 e. The Morgan fingerprint density at radius 3 is 2.27 bits per heavy atom. The Morgan fingerprint density at radius 2 is 1.80 bits per heavy atom. The molecule has 4 heteroatoms. The molecule has 0 saturated carbocycles. The van der Waals surface area contributed by atoms with Crippen LogP contribution >= 0.6 is 0 Å². The predicted octanol–water partition coefficient (Wildman–Crippen LogP) is 1.84. The lowest BCUT2D eigenvalue weighted by Crippen LogP contribution is -2.33. The van der Waals surface area contributed by atoms with E-state index >= 15 is 0 Å². The van der Waals surface area contributed by atoms with Crippen LogP contribution in [0.1, 0.15) is 40.5 Å². The van der Waals surface area contributed by atoms with Crippen LogP contribution in [0.5, 0.6) is 0 Å². The third-order valence-electron chi connectivity index (χ3n) is 2.45. The second kappa shape index (κ2) is 7.23. The topological polar surface area (TPSA) is 46.2 Å². The fourth-order valence-corrected chi connectivity index (χ4v) is 2.78. The number of hydrogen-bond acceptors (Lipinski definition) is 3. The van der Waals surface area contributed by atoms with Crippen LogP contribution in [0.4, 0.5) is 0 Å². The van der Waals surface area contributed by atoms with E-state index in [1.807, 2.05) is 0 Å². The Bertz CT molecular complexity index is 247. The summed E-state index contributed by atoms with van der Waals surface area (Å²) >= 11 is 0. The van der Waals surface area contributed by atoms with Crippen molar-refractivity contribution in [2.24, 2.45) is 5.92 Å². The van der Waals surface area contributed by atoms with Crippen LogP contribution in [-0.4, -0.2) is 32.5 Å². The summed E-state index contributed by atoms with van der Waals surface area (Å²) in [5.41, 5.74) is 0. The molecule has 1 atom stereocenters. The summed E-state index contributed by atoms with van der Waals surface area (Å²) in [6, 6.07) is 0. The van der Waals surface area contributed by atoms with Crippen molar-refractivity contribution in [1.29, 1.82) is 0 Å². The van der Waals surface area contributed by atoms with E-state index in [0.717, 1.165) is 19.4 Å². The van der Waals surface area contributed by atoms with E-state index < -0.39 is 9.84 Å². The lowest BCUT2D eigenvalue weighted by atomic mass is 10.2. The van der Waals surface area contributed by atoms with E-state index in [4.69, 9.17) is 0 Å². The van der Waals surface area contributed by atoms with Crippen LogP contribution in [-0.2, 0) is 9.84 Å². The van der Waals surface area contributed by atoms with E-state index in [2.05, 4.69) is 26.1 Å². The molecule has 0 bridgehead atoms. The van der Waals surface area contributed by atoms with Crippen LogP contribution in [0, 0.1) is 5.92 Å². The average Bonchev–Trinajstić information content (AvgIpc) is 2.15. The predicted molar refractivity (Wildman–Crippen MR) is 65.9 cm³/mol. The first-order chi connectivity index (χ1) is 6.90. The van der Waals surface area contributed by atoms with Crippen molar-refractivity contribution in [2.45, 2.75) is 45.8 Å². The van der Waals surface area contributed by atoms with Gasteiger partial charge in [-0.25, -0.2) is 8.42 Å². The van der Waals surface area contributed by atoms with Crippen molar-refractivity contribution in [3.63, 3.8) is 0 Å². The Kier molecular flexibility index (Phi) is 7.18. The standard InChI is InChI=1S/C11H25NO2S/c1-5-7-12-9-11(4)15(13,14)8-6-10(2)3/h10-12H,5-9H2,1-4H3. The van der Waals surface area contributed by atoms with E-state index in [1.165, 1.54) is 0 Å². The molecule has 0 heterocycles. The lowest BCUT2D eigenvalue weighted by Gasteiger charge is -2.14. The van der Waals surface area contributed by atoms with Gasteiger partial charge in [-0.2, -0.15) is 0 Å². The molecule has 0 aromatic rings. The summed E-state index contributed by atoms with van der Waals surface area (Å²) < 4.78 is 23.6. The van der Waals surface area contributed by atoms with Crippen molar-refractivity contribution in [3.8, 4) is 0 Å². The summed E-state index contributed by atoms with van der Waals surface area (Å²) in [4.78, 5) is 0. The van der Waals surface area contributed by atoms with Crippen molar-refractivity contribution in [2.75, 3.05) is 18.8 Å². The molecule has 0 aliphatic carbocycles. The molecule has 15 heavy (non-hydrogen) atoms. The van der Waals surface area contributed by atoms with Gasteiger partial charge in [0, 0.05) is 6.54 Å². The maximum atomic E-state index is 11.8. The molecule has 1 unspecified atom stereocenters. The molecule has 0 fully saturated rings. The molecule has 0 aliphatic rings. The third-order valence-corrected chi connectivity index (χ3v) is 4.65. The molecule has 0 aliphatic heterocycles. The molecule has 1 N–H and O–H groups in total. The van der Waals surface area contributed by atoms with Crippen molar-refractivity contribution in [3.05, 3.63) is 0 Å². The Balaban J connectivity index is 3.97. The number of nitrogens with one attached hydrogen (secondary N) is 1. The summed E-state index contributed by atoms with van der Waals surface area (Å²) in [5.74, 6) is 0.773. The van der Waals surface area contributed by atoms with Gasteiger partial charge in [0.05, 0.1) is 11.0 Å². The minimum absolute atomic E-state index is 0.261. The Hall–Kier alpha value is -0.0900. The van der Waals surface area contributed by atoms with Gasteiger partial charge in [0.2, 0.25) is 0 Å². The van der Waals surface area contributed by atoms with Crippen molar-refractivity contribution >= 4 is 9.84 Å². The van der Waals surface area contributed by atoms with E-state index in [0.29, 0.717) is 18.2 Å². The monoisotopic (exact) mass is 235 g/mol. The Morgan fingerprint density at radius 1 is 1.20 bits per heavy atom. The quantitative estimate of drug-likeness (QED) is 0.653. The minimum atomic E-state index is -2.90. The van der Waals surface area contributed by atoms with Crippen LogP contribution in [0.25, 0.3) is 0 Å². The molecule has 0 radical (unpaired) electrons. The molecular formula is C11H25NO2S. The second-order valence-electron chi connectivity index (χ2n) is 4.56. The van der Waals surface area contributed by atoms with Crippen LogP contribution in [0.2, 0.25) is 0 Å². The van der Waals surface area contributed by atoms with E-state index in [9.17, 15) is 8.42 Å². The number of sulfone groups is 1. The number of rotatable bonds is 8. The third kappa shape index (κ3) is 6.90. The normalized spacial score (nSPS) is 14.5. The zero-order chi connectivity index (χ0) is 11.9. The maximum Gasteiger partial charge on any atom is 0.154 e. The highest BCUT2D eigenvalue weighted by atomic mass is 32.2. The van der Waals surface area contributed by atoms with Crippen molar-refractivity contribution in [1.82, 2.24) is 5.32 Å². The summed E-state index contributed by atoms with van der Waals surface area (Å²) in [6.07, 6.45) is 1.80. The van der Waals surface area contributed by atoms with Crippen LogP contribution in [0.3, 0.4) is 0 Å². The smallest absolute Gasteiger partial charge is 0.154 e. The van der Waals surface area contributed by atoms with Gasteiger partial charge in [0.25, 0.3) is 0 Å². The molecule has 0 aromatic carbocycles. The fourth-order valence-electron chi connectivity index (χ4n) is 1.21. The second-order valence-corrected chi connectivity index (χ2v) is 7.10. The molecule has 0 amide bonds. The van der Waals surface area contributed by atoms with Gasteiger partial charge in [-0.1, -0.05) is 20.8 Å². The van der Waals surface area contributed by atoms with Gasteiger partial charge in [0.1, 0.15) is 0 Å². The fraction of sp³-hybridized carbons (Fsp3) is 1.00. The van der Waals surface area contributed by atoms with Gasteiger partial charge in [-0.15, -0.1) is 0 Å². The van der Waals surface area contributed by atoms with Crippen molar-refractivity contribution < 1.29 is 8.42 Å². The molecule has 0 spiro atoms. The SMILES string of the molecule is CCCNCC(C)S(=O)(=O)CCC(C)C. The first-order valence-electron chi connectivity index (χ1n) is 5.82. The first kappa shape index (κ1) is 14.9. The van der Waals surface area contributed by atoms with Crippen LogP contribution < -0.4 is 5.32 Å². The highest BCUT2D eigenvalue weighted by molar-refractivity contribution is 7.92. The molecule has 0 rings (SSSR count). The van der Waals surface area contributed by atoms with Gasteiger partial charge in [-0.3, -0.25) is 0 Å². The lowest BCUT2D eigenvalue weighted by molar-refractivity contribution is 0.554. The first-order valence-corrected chi connectivity index (χ1v) is 7.54. The zero-order valence-electron chi connectivity index (χ0n) is 10.4. The zero-order valence-corrected chi connectivity index (χ0v) is 11.2. The number of hydrogen-bond donors (Lipinski definition) is 1. The van der Waals surface area contributed by atoms with Gasteiger partial charge in [-0.05, 0) is 32.2 Å². The Labute approximate surface area is 94.6 Å². The minimum Gasteiger partial charge on any atom is -0.315 e. The van der Waals surface area contributed by atoms with Gasteiger partial charge < -0.3 is 5.32 Å². The average molecular weight is 235 g/mol. The molecule has 92 valence electrons. The maximum absolute atomic E-state index is 11.8. The summed E-state index contributed by atoms with van der Waals surface area (Å²) in [7, 11) is -2.90. The summed E-state index contributed by atoms with van der Waals surface area (Å²) in [5, 5.41) is 2.89. The van der Waals surface area contributed by atoms with Crippen LogP contribution in [0.15, 0.2) is 0 Å². The highest BCUT2D eigenvalue weighted by Gasteiger charge is 2.20. The molecule has 0 aromatic heterocycles. The summed E-state index contributed by atoms with van der Waals surface area (Å²) in [6.45, 7) is 9.44. The van der Waals surface area contributed by atoms with Gasteiger partial charge in [0.15, 0.2) is 9.84 Å².